The molecule has 5 aromatic rings. The van der Waals surface area contributed by atoms with Crippen LogP contribution in [0.2, 0.25) is 10.0 Å². The highest BCUT2D eigenvalue weighted by atomic mass is 35.5. The average molecular weight is 585 g/mol. The molecule has 1 atom stereocenters. The lowest BCUT2D eigenvalue weighted by Gasteiger charge is -2.37. The molecule has 206 valence electrons. The standard InChI is InChI=1S/C33H27Cl2N3O3/c34-28-17-16-23(18-29(28)35)19-31(39)37-30(32(40)41)20-27-21-38(22-36-27)33(24-10-4-1-5-11-24,25-12-6-2-7-13-25)26-14-8-3-9-15-26/h1-18,21-22,30H,19-20H2,(H,37,39)(H,40,41). The molecule has 1 unspecified atom stereocenters. The fourth-order valence-corrected chi connectivity index (χ4v) is 5.45. The predicted molar refractivity (Wildman–Crippen MR) is 160 cm³/mol. The normalized spacial score (nSPS) is 12.0. The van der Waals surface area contributed by atoms with Crippen LogP contribution in [0.1, 0.15) is 27.9 Å². The minimum atomic E-state index is -1.17. The van der Waals surface area contributed by atoms with Gasteiger partial charge in [-0.1, -0.05) is 120 Å². The van der Waals surface area contributed by atoms with Crippen LogP contribution < -0.4 is 5.32 Å². The summed E-state index contributed by atoms with van der Waals surface area (Å²) < 4.78 is 2.01. The summed E-state index contributed by atoms with van der Waals surface area (Å²) >= 11 is 12.0. The lowest BCUT2D eigenvalue weighted by molar-refractivity contribution is -0.141. The van der Waals surface area contributed by atoms with Crippen molar-refractivity contribution in [3.63, 3.8) is 0 Å². The van der Waals surface area contributed by atoms with E-state index in [4.69, 9.17) is 23.2 Å². The summed E-state index contributed by atoms with van der Waals surface area (Å²) in [5.41, 5.74) is 3.44. The number of nitrogens with one attached hydrogen (secondary N) is 1. The van der Waals surface area contributed by atoms with Gasteiger partial charge in [-0.25, -0.2) is 9.78 Å². The molecular formula is C33H27Cl2N3O3. The third-order valence-electron chi connectivity index (χ3n) is 6.99. The smallest absolute Gasteiger partial charge is 0.326 e. The largest absolute Gasteiger partial charge is 0.480 e. The summed E-state index contributed by atoms with van der Waals surface area (Å²) in [6, 6.07) is 34.0. The van der Waals surface area contributed by atoms with Gasteiger partial charge in [0, 0.05) is 12.6 Å². The second-order valence-corrected chi connectivity index (χ2v) is 10.5. The summed E-state index contributed by atoms with van der Waals surface area (Å²) in [6.07, 6.45) is 3.55. The lowest BCUT2D eigenvalue weighted by atomic mass is 9.77. The Morgan fingerprint density at radius 3 is 1.83 bits per heavy atom. The summed E-state index contributed by atoms with van der Waals surface area (Å²) in [7, 11) is 0. The van der Waals surface area contributed by atoms with E-state index in [0.717, 1.165) is 16.7 Å². The van der Waals surface area contributed by atoms with Gasteiger partial charge in [-0.3, -0.25) is 4.79 Å². The van der Waals surface area contributed by atoms with E-state index in [0.29, 0.717) is 21.3 Å². The predicted octanol–water partition coefficient (Wildman–Crippen LogP) is 6.38. The Labute approximate surface area is 248 Å². The van der Waals surface area contributed by atoms with Crippen molar-refractivity contribution in [2.45, 2.75) is 24.4 Å². The van der Waals surface area contributed by atoms with E-state index >= 15 is 0 Å². The van der Waals surface area contributed by atoms with E-state index in [9.17, 15) is 14.7 Å². The first kappa shape index (κ1) is 28.1. The highest BCUT2D eigenvalue weighted by molar-refractivity contribution is 6.42. The third kappa shape index (κ3) is 6.04. The van der Waals surface area contributed by atoms with Gasteiger partial charge in [0.05, 0.1) is 28.5 Å². The second-order valence-electron chi connectivity index (χ2n) is 9.67. The summed E-state index contributed by atoms with van der Waals surface area (Å²) in [5, 5.41) is 13.3. The summed E-state index contributed by atoms with van der Waals surface area (Å²) in [5.74, 6) is -1.59. The molecule has 0 spiro atoms. The van der Waals surface area contributed by atoms with Crippen LogP contribution in [0.3, 0.4) is 0 Å². The lowest BCUT2D eigenvalue weighted by Crippen LogP contribution is -2.43. The molecule has 6 nitrogen and oxygen atoms in total. The van der Waals surface area contributed by atoms with Crippen LogP contribution in [0, 0.1) is 0 Å². The van der Waals surface area contributed by atoms with E-state index in [2.05, 4.69) is 46.7 Å². The molecule has 5 rings (SSSR count). The monoisotopic (exact) mass is 583 g/mol. The minimum Gasteiger partial charge on any atom is -0.480 e. The van der Waals surface area contributed by atoms with Crippen LogP contribution in [-0.4, -0.2) is 32.6 Å². The van der Waals surface area contributed by atoms with Crippen molar-refractivity contribution >= 4 is 35.1 Å². The molecule has 0 saturated heterocycles. The van der Waals surface area contributed by atoms with Gasteiger partial charge in [-0.15, -0.1) is 0 Å². The molecule has 0 aliphatic carbocycles. The number of rotatable bonds is 10. The van der Waals surface area contributed by atoms with Crippen molar-refractivity contribution in [1.82, 2.24) is 14.9 Å². The zero-order chi connectivity index (χ0) is 28.8. The molecule has 2 N–H and O–H groups in total. The number of hydrogen-bond acceptors (Lipinski definition) is 3. The Kier molecular flexibility index (Phi) is 8.53. The van der Waals surface area contributed by atoms with E-state index in [1.807, 2.05) is 65.4 Å². The van der Waals surface area contributed by atoms with Crippen molar-refractivity contribution in [1.29, 1.82) is 0 Å². The molecule has 8 heteroatoms. The Morgan fingerprint density at radius 1 is 0.805 bits per heavy atom. The summed E-state index contributed by atoms with van der Waals surface area (Å²) in [6.45, 7) is 0. The van der Waals surface area contributed by atoms with Gasteiger partial charge < -0.3 is 15.0 Å². The van der Waals surface area contributed by atoms with Crippen LogP contribution in [-0.2, 0) is 28.0 Å². The Balaban J connectivity index is 1.49. The molecule has 0 bridgehead atoms. The molecule has 1 aromatic heterocycles. The molecule has 0 radical (unpaired) electrons. The number of benzene rings is 4. The number of carboxylic acid groups (broad SMARTS) is 1. The molecule has 41 heavy (non-hydrogen) atoms. The van der Waals surface area contributed by atoms with E-state index in [1.165, 1.54) is 0 Å². The van der Waals surface area contributed by atoms with E-state index in [1.54, 1.807) is 24.5 Å². The molecular weight excluding hydrogens is 557 g/mol. The second kappa shape index (κ2) is 12.4. The molecule has 1 heterocycles. The van der Waals surface area contributed by atoms with E-state index < -0.39 is 23.5 Å². The SMILES string of the molecule is O=C(Cc1ccc(Cl)c(Cl)c1)NC(Cc1cn(C(c2ccccc2)(c2ccccc2)c2ccccc2)cn1)C(=O)O. The Hall–Kier alpha value is -4.39. The maximum Gasteiger partial charge on any atom is 0.326 e. The fraction of sp³-hybridized carbons (Fsp3) is 0.121. The van der Waals surface area contributed by atoms with Gasteiger partial charge >= 0.3 is 5.97 Å². The Morgan fingerprint density at radius 2 is 1.34 bits per heavy atom. The number of nitrogens with zero attached hydrogens (tertiary/aromatic N) is 2. The first-order chi connectivity index (χ1) is 19.9. The molecule has 4 aromatic carbocycles. The van der Waals surface area contributed by atoms with E-state index in [-0.39, 0.29) is 12.8 Å². The number of aliphatic carboxylic acids is 1. The van der Waals surface area contributed by atoms with Gasteiger partial charge in [0.1, 0.15) is 11.6 Å². The van der Waals surface area contributed by atoms with Gasteiger partial charge in [-0.05, 0) is 34.4 Å². The summed E-state index contributed by atoms with van der Waals surface area (Å²) in [4.78, 5) is 29.5. The number of hydrogen-bond donors (Lipinski definition) is 2. The zero-order valence-electron chi connectivity index (χ0n) is 22.0. The molecule has 1 amide bonds. The number of aromatic nitrogens is 2. The highest BCUT2D eigenvalue weighted by Gasteiger charge is 2.38. The number of carbonyl (C=O) groups excluding carboxylic acids is 1. The van der Waals surface area contributed by atoms with Crippen LogP contribution in [0.5, 0.6) is 0 Å². The molecule has 0 aliphatic rings. The highest BCUT2D eigenvalue weighted by Crippen LogP contribution is 2.40. The maximum atomic E-state index is 12.8. The minimum absolute atomic E-state index is 0.00387. The number of imidazole rings is 1. The number of carboxylic acids is 1. The molecule has 0 aliphatic heterocycles. The zero-order valence-corrected chi connectivity index (χ0v) is 23.5. The number of amides is 1. The van der Waals surface area contributed by atoms with Crippen LogP contribution >= 0.6 is 23.2 Å². The van der Waals surface area contributed by atoms with Crippen LogP contribution in [0.4, 0.5) is 0 Å². The topological polar surface area (TPSA) is 84.2 Å². The van der Waals surface area contributed by atoms with Crippen molar-refractivity contribution in [3.8, 4) is 0 Å². The van der Waals surface area contributed by atoms with Crippen molar-refractivity contribution in [2.24, 2.45) is 0 Å². The third-order valence-corrected chi connectivity index (χ3v) is 7.73. The first-order valence-corrected chi connectivity index (χ1v) is 13.8. The van der Waals surface area contributed by atoms with Crippen molar-refractivity contribution in [2.75, 3.05) is 0 Å². The Bertz CT molecular complexity index is 1540. The number of carbonyl (C=O) groups is 2. The van der Waals surface area contributed by atoms with Gasteiger partial charge in [0.25, 0.3) is 0 Å². The molecule has 0 saturated carbocycles. The number of halogens is 2. The quantitative estimate of drug-likeness (QED) is 0.187. The van der Waals surface area contributed by atoms with Crippen molar-refractivity contribution in [3.05, 3.63) is 160 Å². The van der Waals surface area contributed by atoms with Crippen molar-refractivity contribution < 1.29 is 14.7 Å². The van der Waals surface area contributed by atoms with Gasteiger partial charge in [0.2, 0.25) is 5.91 Å². The average Bonchev–Trinajstić information content (AvgIpc) is 3.45. The molecule has 0 fully saturated rings. The maximum absolute atomic E-state index is 12.8. The van der Waals surface area contributed by atoms with Gasteiger partial charge in [0.15, 0.2) is 0 Å². The van der Waals surface area contributed by atoms with Gasteiger partial charge in [-0.2, -0.15) is 0 Å². The van der Waals surface area contributed by atoms with Crippen LogP contribution in [0.25, 0.3) is 0 Å². The first-order valence-electron chi connectivity index (χ1n) is 13.0. The fourth-order valence-electron chi connectivity index (χ4n) is 5.13. The van der Waals surface area contributed by atoms with Crippen LogP contribution in [0.15, 0.2) is 122 Å².